The normalized spacial score (nSPS) is 15.6. The first-order valence-electron chi connectivity index (χ1n) is 14.6. The van der Waals surface area contributed by atoms with Crippen LogP contribution in [0, 0.1) is 0 Å². The molecule has 0 spiro atoms. The minimum Gasteiger partial charge on any atom is -0.494 e. The van der Waals surface area contributed by atoms with Crippen LogP contribution >= 0.6 is 0 Å². The van der Waals surface area contributed by atoms with Gasteiger partial charge in [-0.1, -0.05) is 32.9 Å². The van der Waals surface area contributed by atoms with Crippen LogP contribution in [0.4, 0.5) is 11.6 Å². The number of benzene rings is 2. The van der Waals surface area contributed by atoms with Crippen molar-refractivity contribution in [2.75, 3.05) is 50.2 Å². The van der Waals surface area contributed by atoms with E-state index in [0.29, 0.717) is 45.6 Å². The minimum absolute atomic E-state index is 0.00844. The Balaban J connectivity index is 1.68. The summed E-state index contributed by atoms with van der Waals surface area (Å²) in [5.41, 5.74) is 1.94. The molecule has 2 aromatic carbocycles. The topological polar surface area (TPSA) is 139 Å². The molecule has 3 heterocycles. The lowest BCUT2D eigenvalue weighted by Crippen LogP contribution is -2.32. The van der Waals surface area contributed by atoms with E-state index < -0.39 is 21.4 Å². The van der Waals surface area contributed by atoms with Crippen molar-refractivity contribution in [3.8, 4) is 28.5 Å². The van der Waals surface area contributed by atoms with E-state index in [2.05, 4.69) is 38.6 Å². The number of aryl methyl sites for hydroxylation is 1. The molecule has 12 nitrogen and oxygen atoms in total. The van der Waals surface area contributed by atoms with E-state index in [9.17, 15) is 18.3 Å². The van der Waals surface area contributed by atoms with Gasteiger partial charge in [0.25, 0.3) is 0 Å². The van der Waals surface area contributed by atoms with Gasteiger partial charge in [-0.3, -0.25) is 4.72 Å². The predicted octanol–water partition coefficient (Wildman–Crippen LogP) is 4.94. The van der Waals surface area contributed by atoms with Crippen LogP contribution in [0.3, 0.4) is 0 Å². The monoisotopic (exact) mass is 636 g/mol. The number of ether oxygens (including phenoxy) is 2. The summed E-state index contributed by atoms with van der Waals surface area (Å²) < 4.78 is 40.9. The molecule has 2 aromatic heterocycles. The summed E-state index contributed by atoms with van der Waals surface area (Å²) in [6, 6.07) is 11.0. The lowest BCUT2D eigenvalue weighted by molar-refractivity contribution is 0.0688. The third-order valence-electron chi connectivity index (χ3n) is 8.11. The number of carboxylic acids is 1. The van der Waals surface area contributed by atoms with E-state index >= 15 is 0 Å². The van der Waals surface area contributed by atoms with Crippen LogP contribution in [0.15, 0.2) is 42.6 Å². The number of nitrogens with one attached hydrogen (secondary N) is 1. The van der Waals surface area contributed by atoms with Crippen LogP contribution in [0.5, 0.6) is 17.4 Å². The van der Waals surface area contributed by atoms with Crippen molar-refractivity contribution >= 4 is 38.5 Å². The summed E-state index contributed by atoms with van der Waals surface area (Å²) in [7, 11) is 3.53. The van der Waals surface area contributed by atoms with Crippen LogP contribution in [0.25, 0.3) is 22.0 Å². The molecule has 13 heteroatoms. The molecule has 2 N–H and O–H groups in total. The van der Waals surface area contributed by atoms with Gasteiger partial charge in [-0.15, -0.1) is 0 Å². The molecule has 1 aliphatic heterocycles. The van der Waals surface area contributed by atoms with Gasteiger partial charge >= 0.3 is 5.97 Å². The molecule has 45 heavy (non-hydrogen) atoms. The third-order valence-corrected chi connectivity index (χ3v) is 8.70. The van der Waals surface area contributed by atoms with Crippen molar-refractivity contribution in [3.63, 3.8) is 0 Å². The maximum atomic E-state index is 12.9. The second kappa shape index (κ2) is 11.9. The van der Waals surface area contributed by atoms with Gasteiger partial charge in [0, 0.05) is 55.0 Å². The van der Waals surface area contributed by atoms with Gasteiger partial charge in [-0.2, -0.15) is 4.98 Å². The largest absolute Gasteiger partial charge is 0.494 e. The Morgan fingerprint density at radius 2 is 1.91 bits per heavy atom. The zero-order valence-corrected chi connectivity index (χ0v) is 27.7. The molecular weight excluding hydrogens is 596 g/mol. The minimum atomic E-state index is -3.68. The van der Waals surface area contributed by atoms with Crippen LogP contribution in [-0.2, 0) is 22.5 Å². The lowest BCUT2D eigenvalue weighted by Gasteiger charge is -2.24. The van der Waals surface area contributed by atoms with E-state index in [4.69, 9.17) is 9.47 Å². The zero-order valence-electron chi connectivity index (χ0n) is 26.9. The number of anilines is 2. The van der Waals surface area contributed by atoms with Crippen molar-refractivity contribution in [2.24, 2.45) is 7.05 Å². The van der Waals surface area contributed by atoms with Crippen LogP contribution in [0.2, 0.25) is 0 Å². The number of para-hydroxylation sites is 1. The summed E-state index contributed by atoms with van der Waals surface area (Å²) in [5.74, 6) is 0.340. The van der Waals surface area contributed by atoms with E-state index in [1.54, 1.807) is 42.1 Å². The molecule has 0 bridgehead atoms. The number of hydrogen-bond donors (Lipinski definition) is 2. The molecule has 1 atom stereocenters. The van der Waals surface area contributed by atoms with Gasteiger partial charge in [0.1, 0.15) is 5.69 Å². The number of rotatable bonds is 9. The molecule has 1 unspecified atom stereocenters. The summed E-state index contributed by atoms with van der Waals surface area (Å²) in [6.07, 6.45) is 3.72. The number of aromatic nitrogens is 3. The number of nitrogens with zero attached hydrogens (tertiary/aromatic N) is 5. The fraction of sp³-hybridized carbons (Fsp3) is 0.406. The van der Waals surface area contributed by atoms with Crippen molar-refractivity contribution in [2.45, 2.75) is 38.6 Å². The Kier molecular flexibility index (Phi) is 8.45. The molecule has 0 aliphatic carbocycles. The van der Waals surface area contributed by atoms with Crippen molar-refractivity contribution in [1.82, 2.24) is 19.4 Å². The number of aromatic carboxylic acids is 1. The Morgan fingerprint density at radius 3 is 2.51 bits per heavy atom. The summed E-state index contributed by atoms with van der Waals surface area (Å²) in [6.45, 7) is 7.62. The Bertz CT molecular complexity index is 1880. The number of hydrogen-bond acceptors (Lipinski definition) is 9. The van der Waals surface area contributed by atoms with Gasteiger partial charge in [-0.25, -0.2) is 18.2 Å². The maximum absolute atomic E-state index is 12.9. The lowest BCUT2D eigenvalue weighted by atomic mass is 9.84. The highest BCUT2D eigenvalue weighted by molar-refractivity contribution is 7.92. The zero-order chi connectivity index (χ0) is 32.8. The van der Waals surface area contributed by atoms with Crippen molar-refractivity contribution in [1.29, 1.82) is 0 Å². The van der Waals surface area contributed by atoms with Gasteiger partial charge in [0.05, 0.1) is 24.6 Å². The number of fused-ring (bicyclic) bond motifs is 1. The molecule has 1 fully saturated rings. The third kappa shape index (κ3) is 6.40. The number of carboxylic acid groups (broad SMARTS) is 1. The fourth-order valence-electron chi connectivity index (χ4n) is 5.82. The summed E-state index contributed by atoms with van der Waals surface area (Å²) >= 11 is 0. The predicted molar refractivity (Wildman–Crippen MR) is 175 cm³/mol. The molecule has 0 saturated carbocycles. The van der Waals surface area contributed by atoms with E-state index in [1.807, 2.05) is 32.9 Å². The first kappa shape index (κ1) is 32.0. The number of carbonyl (C=O) groups is 1. The smallest absolute Gasteiger partial charge is 0.353 e. The highest BCUT2D eigenvalue weighted by Gasteiger charge is 2.30. The van der Waals surface area contributed by atoms with Crippen LogP contribution in [0.1, 0.15) is 43.2 Å². The summed E-state index contributed by atoms with van der Waals surface area (Å²) in [5, 5.41) is 11.1. The van der Waals surface area contributed by atoms with Crippen molar-refractivity contribution < 1.29 is 27.8 Å². The SMILES string of the molecule is COc1c(NS(C)(=O)=O)cc(C(C)(C)C)cc1-c1c(C(=O)O)n(C)c2c(Oc3ccnc(N4CCC(N(C)C)C4)n3)cccc12. The molecule has 240 valence electrons. The molecule has 0 radical (unpaired) electrons. The molecule has 1 aliphatic rings. The maximum Gasteiger partial charge on any atom is 0.353 e. The van der Waals surface area contributed by atoms with Gasteiger partial charge in [-0.05, 0) is 49.7 Å². The second-order valence-corrected chi connectivity index (χ2v) is 14.4. The van der Waals surface area contributed by atoms with Crippen molar-refractivity contribution in [3.05, 3.63) is 53.9 Å². The quantitative estimate of drug-likeness (QED) is 0.260. The van der Waals surface area contributed by atoms with Gasteiger partial charge < -0.3 is 28.9 Å². The highest BCUT2D eigenvalue weighted by atomic mass is 32.2. The first-order valence-corrected chi connectivity index (χ1v) is 16.5. The Hall–Kier alpha value is -4.36. The van der Waals surface area contributed by atoms with E-state index in [0.717, 1.165) is 31.3 Å². The average Bonchev–Trinajstić information content (AvgIpc) is 3.56. The van der Waals surface area contributed by atoms with Gasteiger partial charge in [0.2, 0.25) is 21.9 Å². The van der Waals surface area contributed by atoms with Crippen LogP contribution < -0.4 is 19.1 Å². The molecule has 5 rings (SSSR count). The fourth-order valence-corrected chi connectivity index (χ4v) is 6.38. The Labute approximate surface area is 263 Å². The van der Waals surface area contributed by atoms with Crippen LogP contribution in [-0.4, -0.2) is 85.5 Å². The van der Waals surface area contributed by atoms with E-state index in [-0.39, 0.29) is 17.1 Å². The first-order chi connectivity index (χ1) is 21.1. The molecular formula is C32H40N6O6S. The molecule has 0 amide bonds. The van der Waals surface area contributed by atoms with Gasteiger partial charge in [0.15, 0.2) is 11.5 Å². The van der Waals surface area contributed by atoms with E-state index in [1.165, 1.54) is 7.11 Å². The summed E-state index contributed by atoms with van der Waals surface area (Å²) in [4.78, 5) is 26.3. The highest BCUT2D eigenvalue weighted by Crippen LogP contribution is 2.47. The number of methoxy groups -OCH3 is 1. The Morgan fingerprint density at radius 1 is 1.18 bits per heavy atom. The average molecular weight is 637 g/mol. The molecule has 4 aromatic rings. The molecule has 1 saturated heterocycles. The second-order valence-electron chi connectivity index (χ2n) is 12.6. The standard InChI is InChI=1S/C32H40N6O6S/c1-32(2,3)19-16-22(29(43-7)23(17-19)35-45(8,41)42)26-21-10-9-11-24(27(21)37(6)28(26)30(39)40)44-25-12-14-33-31(34-25)38-15-13-20(18-38)36(4)5/h9-12,14,16-17,20,35H,13,15,18H2,1-8H3,(H,39,40). The number of likely N-dealkylation sites (N-methyl/N-ethyl adjacent to an activating group) is 1. The number of sulfonamides is 1.